The van der Waals surface area contributed by atoms with Crippen molar-refractivity contribution >= 4 is 32.3 Å². The van der Waals surface area contributed by atoms with Crippen LogP contribution in [0.5, 0.6) is 0 Å². The average molecular weight is 651 g/mol. The minimum Gasteiger partial charge on any atom is -0.0622 e. The quantitative estimate of drug-likeness (QED) is 0.163. The van der Waals surface area contributed by atoms with Gasteiger partial charge in [-0.2, -0.15) is 0 Å². The van der Waals surface area contributed by atoms with E-state index >= 15 is 0 Å². The van der Waals surface area contributed by atoms with Gasteiger partial charge in [-0.15, -0.1) is 0 Å². The Balaban J connectivity index is 1.21. The molecule has 0 aliphatic carbocycles. The van der Waals surface area contributed by atoms with Gasteiger partial charge in [0, 0.05) is 0 Å². The molecule has 242 valence electrons. The normalized spacial score (nSPS) is 11.4. The Labute approximate surface area is 300 Å². The van der Waals surface area contributed by atoms with Crippen molar-refractivity contribution in [3.05, 3.63) is 193 Å². The lowest BCUT2D eigenvalue weighted by atomic mass is 9.83. The largest absolute Gasteiger partial charge is 0.0622 e. The number of fused-ring (bicyclic) bond motifs is 3. The van der Waals surface area contributed by atoms with Crippen LogP contribution >= 0.6 is 0 Å². The summed E-state index contributed by atoms with van der Waals surface area (Å²) >= 11 is 0. The van der Waals surface area contributed by atoms with E-state index in [0.717, 1.165) is 0 Å². The zero-order valence-corrected chi connectivity index (χ0v) is 29.2. The third-order valence-electron chi connectivity index (χ3n) is 10.5. The molecular formula is C51H38. The molecule has 0 atom stereocenters. The van der Waals surface area contributed by atoms with E-state index in [9.17, 15) is 0 Å². The molecule has 0 N–H and O–H groups in total. The Bertz CT molecular complexity index is 2610. The molecule has 0 nitrogen and oxygen atoms in total. The van der Waals surface area contributed by atoms with Gasteiger partial charge in [0.2, 0.25) is 0 Å². The number of aryl methyl sites for hydroxylation is 3. The van der Waals surface area contributed by atoms with Crippen LogP contribution in [-0.2, 0) is 0 Å². The molecule has 0 aliphatic heterocycles. The van der Waals surface area contributed by atoms with E-state index in [4.69, 9.17) is 0 Å². The molecule has 0 amide bonds. The first kappa shape index (κ1) is 30.8. The predicted octanol–water partition coefficient (Wildman–Crippen LogP) is 14.4. The SMILES string of the molecule is Cc1cc(C)c(-c2c3ccccc3c(-c3ccc4cc(-c5cc(-c6ccccc6)cc(-c6ccccc6)c5)ccc4c3)c3ccccc23)c(C)c1. The van der Waals surface area contributed by atoms with E-state index in [1.165, 1.54) is 105 Å². The zero-order chi connectivity index (χ0) is 34.5. The smallest absolute Gasteiger partial charge is 0.00210 e. The second-order valence-corrected chi connectivity index (χ2v) is 13.9. The fraction of sp³-hybridized carbons (Fsp3) is 0.0588. The lowest BCUT2D eigenvalue weighted by Crippen LogP contribution is -1.95. The van der Waals surface area contributed by atoms with Gasteiger partial charge in [0.1, 0.15) is 0 Å². The monoisotopic (exact) mass is 650 g/mol. The predicted molar refractivity (Wildman–Crippen MR) is 220 cm³/mol. The third kappa shape index (κ3) is 5.50. The summed E-state index contributed by atoms with van der Waals surface area (Å²) in [4.78, 5) is 0. The second kappa shape index (κ2) is 12.6. The fourth-order valence-corrected chi connectivity index (χ4v) is 8.25. The summed E-state index contributed by atoms with van der Waals surface area (Å²) < 4.78 is 0. The highest BCUT2D eigenvalue weighted by atomic mass is 14.2. The number of hydrogen-bond acceptors (Lipinski definition) is 0. The van der Waals surface area contributed by atoms with Gasteiger partial charge in [-0.3, -0.25) is 0 Å². The van der Waals surface area contributed by atoms with Crippen LogP contribution in [0.1, 0.15) is 16.7 Å². The first-order chi connectivity index (χ1) is 25.0. The summed E-state index contributed by atoms with van der Waals surface area (Å²) in [6, 6.07) is 64.9. The maximum Gasteiger partial charge on any atom is -0.00210 e. The van der Waals surface area contributed by atoms with Crippen LogP contribution in [0.2, 0.25) is 0 Å². The topological polar surface area (TPSA) is 0 Å². The molecular weight excluding hydrogens is 613 g/mol. The van der Waals surface area contributed by atoms with Crippen LogP contribution in [0.15, 0.2) is 176 Å². The molecule has 0 fully saturated rings. The lowest BCUT2D eigenvalue weighted by molar-refractivity contribution is 1.33. The second-order valence-electron chi connectivity index (χ2n) is 13.9. The molecule has 9 aromatic rings. The van der Waals surface area contributed by atoms with Crippen molar-refractivity contribution in [1.29, 1.82) is 0 Å². The molecule has 0 saturated heterocycles. The highest BCUT2D eigenvalue weighted by Crippen LogP contribution is 2.46. The molecule has 0 aliphatic rings. The molecule has 0 saturated carbocycles. The highest BCUT2D eigenvalue weighted by Gasteiger charge is 2.19. The summed E-state index contributed by atoms with van der Waals surface area (Å²) in [6.07, 6.45) is 0. The Morgan fingerprint density at radius 2 is 0.647 bits per heavy atom. The Hall–Kier alpha value is -6.24. The van der Waals surface area contributed by atoms with Crippen molar-refractivity contribution in [2.45, 2.75) is 20.8 Å². The van der Waals surface area contributed by atoms with Gasteiger partial charge in [0.15, 0.2) is 0 Å². The van der Waals surface area contributed by atoms with Gasteiger partial charge < -0.3 is 0 Å². The average Bonchev–Trinajstić information content (AvgIpc) is 3.17. The van der Waals surface area contributed by atoms with Crippen molar-refractivity contribution in [2.75, 3.05) is 0 Å². The summed E-state index contributed by atoms with van der Waals surface area (Å²) in [5.41, 5.74) is 16.5. The number of hydrogen-bond donors (Lipinski definition) is 0. The van der Waals surface area contributed by atoms with E-state index in [0.29, 0.717) is 0 Å². The van der Waals surface area contributed by atoms with Crippen LogP contribution < -0.4 is 0 Å². The van der Waals surface area contributed by atoms with Crippen molar-refractivity contribution in [1.82, 2.24) is 0 Å². The Morgan fingerprint density at radius 1 is 0.255 bits per heavy atom. The van der Waals surface area contributed by atoms with Crippen molar-refractivity contribution in [3.63, 3.8) is 0 Å². The minimum absolute atomic E-state index is 1.22. The van der Waals surface area contributed by atoms with E-state index in [1.54, 1.807) is 0 Å². The van der Waals surface area contributed by atoms with Gasteiger partial charge in [-0.1, -0.05) is 151 Å². The standard InChI is InChI=1S/C51H38/c1-33-26-34(2)49(35(3)27-33)51-47-20-12-10-18-45(47)50(46-19-11-13-21-48(46)51)41-25-24-38-28-40(23-22-39(38)29-41)44-31-42(36-14-6-4-7-15-36)30-43(32-44)37-16-8-5-9-17-37/h4-32H,1-3H3. The number of benzene rings is 9. The van der Waals surface area contributed by atoms with Gasteiger partial charge in [-0.05, 0) is 150 Å². The highest BCUT2D eigenvalue weighted by molar-refractivity contribution is 6.22. The molecule has 51 heavy (non-hydrogen) atoms. The molecule has 0 bridgehead atoms. The molecule has 0 radical (unpaired) electrons. The summed E-state index contributed by atoms with van der Waals surface area (Å²) in [6.45, 7) is 6.70. The Kier molecular flexibility index (Phi) is 7.59. The molecule has 9 rings (SSSR count). The number of rotatable bonds is 5. The fourth-order valence-electron chi connectivity index (χ4n) is 8.25. The van der Waals surface area contributed by atoms with E-state index in [1.807, 2.05) is 0 Å². The first-order valence-corrected chi connectivity index (χ1v) is 17.8. The lowest BCUT2D eigenvalue weighted by Gasteiger charge is -2.20. The van der Waals surface area contributed by atoms with Gasteiger partial charge in [-0.25, -0.2) is 0 Å². The van der Waals surface area contributed by atoms with Crippen LogP contribution in [0, 0.1) is 20.8 Å². The van der Waals surface area contributed by atoms with Crippen molar-refractivity contribution in [3.8, 4) is 55.6 Å². The summed E-state index contributed by atoms with van der Waals surface area (Å²) in [5, 5.41) is 7.63. The van der Waals surface area contributed by atoms with Crippen LogP contribution in [-0.4, -0.2) is 0 Å². The van der Waals surface area contributed by atoms with Crippen LogP contribution in [0.4, 0.5) is 0 Å². The third-order valence-corrected chi connectivity index (χ3v) is 10.5. The van der Waals surface area contributed by atoms with Crippen molar-refractivity contribution < 1.29 is 0 Å². The molecule has 0 unspecified atom stereocenters. The summed E-state index contributed by atoms with van der Waals surface area (Å²) in [5.74, 6) is 0. The van der Waals surface area contributed by atoms with Crippen molar-refractivity contribution in [2.24, 2.45) is 0 Å². The molecule has 0 heterocycles. The van der Waals surface area contributed by atoms with Gasteiger partial charge >= 0.3 is 0 Å². The van der Waals surface area contributed by atoms with Gasteiger partial charge in [0.25, 0.3) is 0 Å². The van der Waals surface area contributed by atoms with Crippen LogP contribution in [0.3, 0.4) is 0 Å². The molecule has 0 heteroatoms. The van der Waals surface area contributed by atoms with E-state index < -0.39 is 0 Å². The van der Waals surface area contributed by atoms with Gasteiger partial charge in [0.05, 0.1) is 0 Å². The minimum atomic E-state index is 1.22. The molecule has 9 aromatic carbocycles. The van der Waals surface area contributed by atoms with Crippen LogP contribution in [0.25, 0.3) is 88.0 Å². The molecule has 0 aromatic heterocycles. The van der Waals surface area contributed by atoms with E-state index in [-0.39, 0.29) is 0 Å². The maximum absolute atomic E-state index is 2.38. The summed E-state index contributed by atoms with van der Waals surface area (Å²) in [7, 11) is 0. The molecule has 0 spiro atoms. The Morgan fingerprint density at radius 3 is 1.14 bits per heavy atom. The maximum atomic E-state index is 2.38. The zero-order valence-electron chi connectivity index (χ0n) is 29.2. The van der Waals surface area contributed by atoms with E-state index in [2.05, 4.69) is 197 Å². The first-order valence-electron chi connectivity index (χ1n) is 17.8.